The third-order valence-electron chi connectivity index (χ3n) is 6.08. The molecule has 0 bridgehead atoms. The quantitative estimate of drug-likeness (QED) is 0.673. The van der Waals surface area contributed by atoms with Crippen molar-refractivity contribution in [2.24, 2.45) is 5.92 Å². The summed E-state index contributed by atoms with van der Waals surface area (Å²) in [6.45, 7) is 1.50. The number of hydrogen-bond donors (Lipinski definition) is 0. The van der Waals surface area contributed by atoms with Crippen LogP contribution >= 0.6 is 0 Å². The Balaban J connectivity index is 1.55. The summed E-state index contributed by atoms with van der Waals surface area (Å²) in [5.74, 6) is 1.70. The maximum Gasteiger partial charge on any atom is 0.243 e. The van der Waals surface area contributed by atoms with E-state index in [0.717, 1.165) is 6.42 Å². The molecule has 2 aliphatic rings. The maximum absolute atomic E-state index is 13.0. The predicted octanol–water partition coefficient (Wildman–Crippen LogP) is 2.90. The average Bonchev–Trinajstić information content (AvgIpc) is 2.77. The zero-order chi connectivity index (χ0) is 20.9. The lowest BCUT2D eigenvalue weighted by Gasteiger charge is -2.34. The topological polar surface area (TPSA) is 76.2 Å². The molecule has 1 saturated heterocycles. The van der Waals surface area contributed by atoms with Gasteiger partial charge >= 0.3 is 0 Å². The van der Waals surface area contributed by atoms with E-state index in [-0.39, 0.29) is 10.8 Å². The Morgan fingerprint density at radius 3 is 2.28 bits per heavy atom. The van der Waals surface area contributed by atoms with Gasteiger partial charge in [-0.05, 0) is 24.5 Å². The van der Waals surface area contributed by atoms with Crippen molar-refractivity contribution in [2.45, 2.75) is 49.8 Å². The molecule has 1 aromatic carbocycles. The molecule has 2 fully saturated rings. The SMILES string of the molecule is COc1ccc(S(=O)(=O)N2CCN(C(=O)CCC3CCCCC3)CC2)cc1OC. The number of sulfonamides is 1. The molecular weight excluding hydrogens is 392 g/mol. The molecule has 0 N–H and O–H groups in total. The van der Waals surface area contributed by atoms with Crippen molar-refractivity contribution in [3.8, 4) is 11.5 Å². The van der Waals surface area contributed by atoms with Crippen LogP contribution in [-0.4, -0.2) is 63.9 Å². The van der Waals surface area contributed by atoms with Gasteiger partial charge in [0.1, 0.15) is 0 Å². The minimum absolute atomic E-state index is 0.152. The average molecular weight is 425 g/mol. The monoisotopic (exact) mass is 424 g/mol. The molecule has 1 saturated carbocycles. The van der Waals surface area contributed by atoms with E-state index in [4.69, 9.17) is 9.47 Å². The van der Waals surface area contributed by atoms with Crippen LogP contribution in [0.3, 0.4) is 0 Å². The Labute approximate surface area is 174 Å². The lowest BCUT2D eigenvalue weighted by Crippen LogP contribution is -2.50. The molecule has 1 aromatic rings. The second kappa shape index (κ2) is 9.80. The fourth-order valence-corrected chi connectivity index (χ4v) is 5.70. The Morgan fingerprint density at radius 1 is 1.00 bits per heavy atom. The van der Waals surface area contributed by atoms with Crippen molar-refractivity contribution in [1.82, 2.24) is 9.21 Å². The van der Waals surface area contributed by atoms with Crippen LogP contribution in [0.1, 0.15) is 44.9 Å². The summed E-state index contributed by atoms with van der Waals surface area (Å²) in [5, 5.41) is 0. The normalized spacial score (nSPS) is 19.2. The number of hydrogen-bond acceptors (Lipinski definition) is 5. The van der Waals surface area contributed by atoms with Gasteiger partial charge in [-0.2, -0.15) is 4.31 Å². The first-order valence-corrected chi connectivity index (χ1v) is 11.9. The molecule has 7 nitrogen and oxygen atoms in total. The standard InChI is InChI=1S/C21H32N2O5S/c1-27-19-10-9-18(16-20(19)28-2)29(25,26)23-14-12-22(13-15-23)21(24)11-8-17-6-4-3-5-7-17/h9-10,16-17H,3-8,11-15H2,1-2H3. The highest BCUT2D eigenvalue weighted by Gasteiger charge is 2.31. The molecule has 29 heavy (non-hydrogen) atoms. The lowest BCUT2D eigenvalue weighted by molar-refractivity contribution is -0.132. The van der Waals surface area contributed by atoms with Crippen molar-refractivity contribution in [2.75, 3.05) is 40.4 Å². The molecule has 3 rings (SSSR count). The second-order valence-corrected chi connectivity index (χ2v) is 9.78. The second-order valence-electron chi connectivity index (χ2n) is 7.84. The van der Waals surface area contributed by atoms with Crippen LogP contribution in [0.2, 0.25) is 0 Å². The fourth-order valence-electron chi connectivity index (χ4n) is 4.27. The summed E-state index contributed by atoms with van der Waals surface area (Å²) in [4.78, 5) is 14.5. The number of nitrogens with zero attached hydrogens (tertiary/aromatic N) is 2. The van der Waals surface area contributed by atoms with E-state index in [9.17, 15) is 13.2 Å². The van der Waals surface area contributed by atoms with Gasteiger partial charge in [0.25, 0.3) is 0 Å². The van der Waals surface area contributed by atoms with E-state index in [0.29, 0.717) is 50.0 Å². The molecule has 1 heterocycles. The summed E-state index contributed by atoms with van der Waals surface area (Å²) in [7, 11) is -0.650. The molecule has 0 unspecified atom stereocenters. The molecule has 1 aliphatic heterocycles. The van der Waals surface area contributed by atoms with E-state index < -0.39 is 10.0 Å². The van der Waals surface area contributed by atoms with Crippen LogP contribution in [-0.2, 0) is 14.8 Å². The first-order chi connectivity index (χ1) is 14.0. The van der Waals surface area contributed by atoms with E-state index in [2.05, 4.69) is 0 Å². The summed E-state index contributed by atoms with van der Waals surface area (Å²) in [6, 6.07) is 4.60. The Kier molecular flexibility index (Phi) is 7.40. The van der Waals surface area contributed by atoms with Crippen LogP contribution in [0, 0.1) is 5.92 Å². The zero-order valence-electron chi connectivity index (χ0n) is 17.4. The Bertz CT molecular complexity index is 797. The predicted molar refractivity (Wildman–Crippen MR) is 111 cm³/mol. The van der Waals surface area contributed by atoms with Gasteiger partial charge in [0.15, 0.2) is 11.5 Å². The largest absolute Gasteiger partial charge is 0.493 e. The lowest BCUT2D eigenvalue weighted by atomic mass is 9.86. The third kappa shape index (κ3) is 5.22. The van der Waals surface area contributed by atoms with Crippen LogP contribution < -0.4 is 9.47 Å². The van der Waals surface area contributed by atoms with Crippen molar-refractivity contribution >= 4 is 15.9 Å². The number of benzene rings is 1. The summed E-state index contributed by atoms with van der Waals surface area (Å²) >= 11 is 0. The van der Waals surface area contributed by atoms with Gasteiger partial charge in [-0.25, -0.2) is 8.42 Å². The molecule has 0 spiro atoms. The van der Waals surface area contributed by atoms with Crippen molar-refractivity contribution in [3.63, 3.8) is 0 Å². The number of ether oxygens (including phenoxy) is 2. The number of amides is 1. The smallest absolute Gasteiger partial charge is 0.243 e. The third-order valence-corrected chi connectivity index (χ3v) is 7.97. The molecule has 0 radical (unpaired) electrons. The minimum Gasteiger partial charge on any atom is -0.493 e. The maximum atomic E-state index is 13.0. The first-order valence-electron chi connectivity index (χ1n) is 10.5. The number of carbonyl (C=O) groups is 1. The molecule has 162 valence electrons. The Morgan fingerprint density at radius 2 is 1.66 bits per heavy atom. The molecule has 1 aliphatic carbocycles. The summed E-state index contributed by atoms with van der Waals surface area (Å²) in [5.41, 5.74) is 0. The van der Waals surface area contributed by atoms with E-state index in [1.54, 1.807) is 6.07 Å². The van der Waals surface area contributed by atoms with Crippen molar-refractivity contribution in [1.29, 1.82) is 0 Å². The first kappa shape index (κ1) is 21.9. The molecular formula is C21H32N2O5S. The van der Waals surface area contributed by atoms with Crippen LogP contribution in [0.15, 0.2) is 23.1 Å². The molecule has 0 atom stereocenters. The fraction of sp³-hybridized carbons (Fsp3) is 0.667. The summed E-state index contributed by atoms with van der Waals surface area (Å²) < 4.78 is 37.8. The number of piperazine rings is 1. The van der Waals surface area contributed by atoms with Crippen LogP contribution in [0.5, 0.6) is 11.5 Å². The number of rotatable bonds is 7. The van der Waals surface area contributed by atoms with E-state index >= 15 is 0 Å². The van der Waals surface area contributed by atoms with Gasteiger partial charge in [0.2, 0.25) is 15.9 Å². The van der Waals surface area contributed by atoms with Gasteiger partial charge in [-0.1, -0.05) is 32.1 Å². The Hall–Kier alpha value is -1.80. The number of carbonyl (C=O) groups excluding carboxylic acids is 1. The minimum atomic E-state index is -3.64. The van der Waals surface area contributed by atoms with Gasteiger partial charge in [-0.3, -0.25) is 4.79 Å². The van der Waals surface area contributed by atoms with Crippen LogP contribution in [0.4, 0.5) is 0 Å². The van der Waals surface area contributed by atoms with Gasteiger partial charge in [-0.15, -0.1) is 0 Å². The van der Waals surface area contributed by atoms with Gasteiger partial charge in [0.05, 0.1) is 19.1 Å². The van der Waals surface area contributed by atoms with Gasteiger partial charge in [0, 0.05) is 38.7 Å². The van der Waals surface area contributed by atoms with Crippen molar-refractivity contribution < 1.29 is 22.7 Å². The molecule has 8 heteroatoms. The van der Waals surface area contributed by atoms with Crippen molar-refractivity contribution in [3.05, 3.63) is 18.2 Å². The van der Waals surface area contributed by atoms with Gasteiger partial charge < -0.3 is 14.4 Å². The highest BCUT2D eigenvalue weighted by molar-refractivity contribution is 7.89. The molecule has 1 amide bonds. The van der Waals surface area contributed by atoms with E-state index in [1.165, 1.54) is 62.8 Å². The zero-order valence-corrected chi connectivity index (χ0v) is 18.2. The van der Waals surface area contributed by atoms with E-state index in [1.807, 2.05) is 4.90 Å². The molecule has 0 aromatic heterocycles. The number of methoxy groups -OCH3 is 2. The van der Waals surface area contributed by atoms with Crippen LogP contribution in [0.25, 0.3) is 0 Å². The highest BCUT2D eigenvalue weighted by Crippen LogP contribution is 2.31. The summed E-state index contributed by atoms with van der Waals surface area (Å²) in [6.07, 6.45) is 7.91. The highest BCUT2D eigenvalue weighted by atomic mass is 32.2.